The van der Waals surface area contributed by atoms with E-state index in [-0.39, 0.29) is 22.3 Å². The zero-order chi connectivity index (χ0) is 16.7. The molecule has 0 bridgehead atoms. The van der Waals surface area contributed by atoms with Gasteiger partial charge >= 0.3 is 5.97 Å². The molecule has 0 spiro atoms. The third kappa shape index (κ3) is 3.15. The summed E-state index contributed by atoms with van der Waals surface area (Å²) in [5.41, 5.74) is -1.41. The molecule has 1 saturated carbocycles. The van der Waals surface area contributed by atoms with Crippen molar-refractivity contribution in [2.24, 2.45) is 11.8 Å². The number of sulfonamides is 1. The fourth-order valence-electron chi connectivity index (χ4n) is 2.52. The molecule has 1 aliphatic rings. The molecule has 1 aromatic carbocycles. The zero-order valence-electron chi connectivity index (χ0n) is 12.8. The third-order valence-corrected chi connectivity index (χ3v) is 6.04. The van der Waals surface area contributed by atoms with Gasteiger partial charge in [-0.3, -0.25) is 4.79 Å². The summed E-state index contributed by atoms with van der Waals surface area (Å²) >= 11 is 0. The molecule has 1 aromatic rings. The van der Waals surface area contributed by atoms with Crippen LogP contribution in [0, 0.1) is 24.6 Å². The molecule has 5 nitrogen and oxygen atoms in total. The maximum absolute atomic E-state index is 13.3. The van der Waals surface area contributed by atoms with Gasteiger partial charge in [-0.1, -0.05) is 6.92 Å². The van der Waals surface area contributed by atoms with Gasteiger partial charge in [0.1, 0.15) is 11.4 Å². The Morgan fingerprint density at radius 1 is 1.45 bits per heavy atom. The molecule has 1 aliphatic carbocycles. The SMILES string of the molecule is Cc1cc(S(=O)(=O)N[C@@](C)(C(=O)O)[C@@H](C)C2CC2)ccc1F. The Kier molecular flexibility index (Phi) is 4.32. The van der Waals surface area contributed by atoms with Gasteiger partial charge in [-0.05, 0) is 62.3 Å². The Morgan fingerprint density at radius 2 is 2.05 bits per heavy atom. The summed E-state index contributed by atoms with van der Waals surface area (Å²) in [7, 11) is -4.05. The van der Waals surface area contributed by atoms with E-state index in [1.165, 1.54) is 19.9 Å². The number of carboxylic acid groups (broad SMARTS) is 1. The van der Waals surface area contributed by atoms with E-state index in [1.807, 2.05) is 0 Å². The van der Waals surface area contributed by atoms with E-state index in [2.05, 4.69) is 4.72 Å². The lowest BCUT2D eigenvalue weighted by Crippen LogP contribution is -2.57. The number of carbonyl (C=O) groups is 1. The summed E-state index contributed by atoms with van der Waals surface area (Å²) < 4.78 is 40.5. The predicted molar refractivity (Wildman–Crippen MR) is 79.4 cm³/mol. The van der Waals surface area contributed by atoms with Crippen LogP contribution in [0.15, 0.2) is 23.1 Å². The van der Waals surface area contributed by atoms with Crippen molar-refractivity contribution in [2.75, 3.05) is 0 Å². The Balaban J connectivity index is 2.35. The number of nitrogens with one attached hydrogen (secondary N) is 1. The molecule has 0 unspecified atom stereocenters. The van der Waals surface area contributed by atoms with Crippen LogP contribution in [0.25, 0.3) is 0 Å². The van der Waals surface area contributed by atoms with Crippen molar-refractivity contribution >= 4 is 16.0 Å². The largest absolute Gasteiger partial charge is 0.480 e. The molecule has 122 valence electrons. The molecular formula is C15H20FNO4S. The zero-order valence-corrected chi connectivity index (χ0v) is 13.6. The molecule has 0 amide bonds. The number of halogens is 1. The van der Waals surface area contributed by atoms with Crippen molar-refractivity contribution in [1.29, 1.82) is 0 Å². The highest BCUT2D eigenvalue weighted by molar-refractivity contribution is 7.89. The van der Waals surface area contributed by atoms with Gasteiger partial charge in [-0.25, -0.2) is 12.8 Å². The molecule has 0 aromatic heterocycles. The third-order valence-electron chi connectivity index (χ3n) is 4.47. The van der Waals surface area contributed by atoms with Crippen molar-refractivity contribution in [3.63, 3.8) is 0 Å². The van der Waals surface area contributed by atoms with Gasteiger partial charge in [0.25, 0.3) is 0 Å². The van der Waals surface area contributed by atoms with Crippen molar-refractivity contribution in [2.45, 2.75) is 44.0 Å². The fraction of sp³-hybridized carbons (Fsp3) is 0.533. The fourth-order valence-corrected chi connectivity index (χ4v) is 4.05. The van der Waals surface area contributed by atoms with Gasteiger partial charge in [-0.15, -0.1) is 0 Å². The maximum Gasteiger partial charge on any atom is 0.324 e. The van der Waals surface area contributed by atoms with Crippen LogP contribution in [-0.2, 0) is 14.8 Å². The lowest BCUT2D eigenvalue weighted by molar-refractivity contribution is -0.145. The highest BCUT2D eigenvalue weighted by Crippen LogP contribution is 2.42. The van der Waals surface area contributed by atoms with Gasteiger partial charge in [-0.2, -0.15) is 4.72 Å². The van der Waals surface area contributed by atoms with E-state index >= 15 is 0 Å². The van der Waals surface area contributed by atoms with E-state index in [4.69, 9.17) is 0 Å². The topological polar surface area (TPSA) is 83.5 Å². The molecule has 22 heavy (non-hydrogen) atoms. The average molecular weight is 329 g/mol. The first-order valence-corrected chi connectivity index (χ1v) is 8.60. The van der Waals surface area contributed by atoms with Crippen molar-refractivity contribution in [3.05, 3.63) is 29.6 Å². The molecule has 2 N–H and O–H groups in total. The van der Waals surface area contributed by atoms with Crippen molar-refractivity contribution in [3.8, 4) is 0 Å². The molecule has 2 atom stereocenters. The molecular weight excluding hydrogens is 309 g/mol. The molecule has 7 heteroatoms. The number of benzene rings is 1. The summed E-state index contributed by atoms with van der Waals surface area (Å²) in [4.78, 5) is 11.5. The first-order chi connectivity index (χ1) is 10.1. The second kappa shape index (κ2) is 5.62. The minimum absolute atomic E-state index is 0.137. The highest BCUT2D eigenvalue weighted by Gasteiger charge is 2.48. The normalized spacial score (nSPS) is 19.5. The maximum atomic E-state index is 13.3. The Morgan fingerprint density at radius 3 is 2.50 bits per heavy atom. The number of aliphatic carboxylic acids is 1. The van der Waals surface area contributed by atoms with Crippen LogP contribution in [0.5, 0.6) is 0 Å². The molecule has 0 aliphatic heterocycles. The van der Waals surface area contributed by atoms with Crippen LogP contribution in [0.1, 0.15) is 32.3 Å². The van der Waals surface area contributed by atoms with Gasteiger partial charge in [0.05, 0.1) is 4.90 Å². The van der Waals surface area contributed by atoms with Crippen LogP contribution in [0.3, 0.4) is 0 Å². The van der Waals surface area contributed by atoms with E-state index in [0.29, 0.717) is 0 Å². The number of hydrogen-bond donors (Lipinski definition) is 2. The minimum atomic E-state index is -4.05. The predicted octanol–water partition coefficient (Wildman–Crippen LogP) is 2.30. The lowest BCUT2D eigenvalue weighted by Gasteiger charge is -2.32. The van der Waals surface area contributed by atoms with E-state index < -0.39 is 27.3 Å². The molecule has 0 saturated heterocycles. The van der Waals surface area contributed by atoms with E-state index in [1.54, 1.807) is 6.92 Å². The monoisotopic (exact) mass is 329 g/mol. The summed E-state index contributed by atoms with van der Waals surface area (Å²) in [6.45, 7) is 4.58. The number of carboxylic acids is 1. The second-order valence-corrected chi connectivity index (χ2v) is 7.83. The Hall–Kier alpha value is -1.47. The first-order valence-electron chi connectivity index (χ1n) is 7.11. The first kappa shape index (κ1) is 16.9. The summed E-state index contributed by atoms with van der Waals surface area (Å²) in [5, 5.41) is 9.50. The van der Waals surface area contributed by atoms with Crippen molar-refractivity contribution < 1.29 is 22.7 Å². The van der Waals surface area contributed by atoms with Crippen LogP contribution in [-0.4, -0.2) is 25.0 Å². The number of rotatable bonds is 6. The molecule has 0 radical (unpaired) electrons. The van der Waals surface area contributed by atoms with Gasteiger partial charge in [0.2, 0.25) is 10.0 Å². The van der Waals surface area contributed by atoms with Gasteiger partial charge < -0.3 is 5.11 Å². The molecule has 0 heterocycles. The average Bonchev–Trinajstić information content (AvgIpc) is 3.24. The summed E-state index contributed by atoms with van der Waals surface area (Å²) in [5.74, 6) is -1.85. The number of hydrogen-bond acceptors (Lipinski definition) is 3. The Labute approximate surface area is 129 Å². The quantitative estimate of drug-likeness (QED) is 0.839. The van der Waals surface area contributed by atoms with Crippen LogP contribution >= 0.6 is 0 Å². The number of aryl methyl sites for hydroxylation is 1. The van der Waals surface area contributed by atoms with E-state index in [9.17, 15) is 22.7 Å². The second-order valence-electron chi connectivity index (χ2n) is 6.15. The smallest absolute Gasteiger partial charge is 0.324 e. The van der Waals surface area contributed by atoms with Crippen LogP contribution in [0.2, 0.25) is 0 Å². The Bertz CT molecular complexity index is 699. The molecule has 1 fully saturated rings. The van der Waals surface area contributed by atoms with Gasteiger partial charge in [0, 0.05) is 0 Å². The lowest BCUT2D eigenvalue weighted by atomic mass is 9.84. The van der Waals surface area contributed by atoms with Crippen LogP contribution < -0.4 is 4.72 Å². The highest BCUT2D eigenvalue weighted by atomic mass is 32.2. The summed E-state index contributed by atoms with van der Waals surface area (Å²) in [6, 6.07) is 3.39. The standard InChI is InChI=1S/C15H20FNO4S/c1-9-8-12(6-7-13(9)16)22(20,21)17-15(3,14(18)19)10(2)11-4-5-11/h6-8,10-11,17H,4-5H2,1-3H3,(H,18,19)/t10-,15+/m0/s1. The van der Waals surface area contributed by atoms with Gasteiger partial charge in [0.15, 0.2) is 0 Å². The van der Waals surface area contributed by atoms with Crippen LogP contribution in [0.4, 0.5) is 4.39 Å². The molecule has 2 rings (SSSR count). The summed E-state index contributed by atoms with van der Waals surface area (Å²) in [6.07, 6.45) is 1.81. The minimum Gasteiger partial charge on any atom is -0.480 e. The van der Waals surface area contributed by atoms with Crippen molar-refractivity contribution in [1.82, 2.24) is 4.72 Å². The van der Waals surface area contributed by atoms with E-state index in [0.717, 1.165) is 25.0 Å².